The van der Waals surface area contributed by atoms with Gasteiger partial charge in [-0.15, -0.1) is 0 Å². The van der Waals surface area contributed by atoms with E-state index in [1.165, 1.54) is 6.42 Å². The van der Waals surface area contributed by atoms with Gasteiger partial charge in [0, 0.05) is 19.1 Å². The minimum Gasteiger partial charge on any atom is -0.305 e. The zero-order valence-electron chi connectivity index (χ0n) is 9.88. The molecule has 2 saturated heterocycles. The molecular formula is C12H20F2N2. The van der Waals surface area contributed by atoms with Crippen molar-refractivity contribution < 1.29 is 8.78 Å². The molecule has 4 heteroatoms. The summed E-state index contributed by atoms with van der Waals surface area (Å²) >= 11 is 0. The number of rotatable bonds is 1. The Balaban J connectivity index is 1.69. The number of hydrogen-bond acceptors (Lipinski definition) is 2. The maximum atomic E-state index is 14.2. The fourth-order valence-electron chi connectivity index (χ4n) is 3.48. The molecule has 1 aliphatic carbocycles. The summed E-state index contributed by atoms with van der Waals surface area (Å²) in [5, 5.41) is 0. The maximum absolute atomic E-state index is 14.2. The number of alkyl halides is 2. The van der Waals surface area contributed by atoms with E-state index in [1.54, 1.807) is 0 Å². The summed E-state index contributed by atoms with van der Waals surface area (Å²) in [6.45, 7) is 2.05. The number of likely N-dealkylation sites (tertiary alicyclic amines) is 2. The monoisotopic (exact) mass is 230 g/mol. The highest BCUT2D eigenvalue weighted by Crippen LogP contribution is 2.50. The number of piperidine rings is 1. The summed E-state index contributed by atoms with van der Waals surface area (Å²) in [6.07, 6.45) is 4.16. The van der Waals surface area contributed by atoms with E-state index in [2.05, 4.69) is 0 Å². The molecule has 0 aromatic heterocycles. The lowest BCUT2D eigenvalue weighted by Crippen LogP contribution is -2.70. The summed E-state index contributed by atoms with van der Waals surface area (Å²) in [4.78, 5) is 4.04. The van der Waals surface area contributed by atoms with Crippen LogP contribution in [0.1, 0.15) is 25.7 Å². The van der Waals surface area contributed by atoms with E-state index in [-0.39, 0.29) is 6.54 Å². The maximum Gasteiger partial charge on any atom is 0.268 e. The van der Waals surface area contributed by atoms with Crippen molar-refractivity contribution in [1.82, 2.24) is 9.80 Å². The smallest absolute Gasteiger partial charge is 0.268 e. The predicted octanol–water partition coefficient (Wildman–Crippen LogP) is 1.81. The lowest BCUT2D eigenvalue weighted by molar-refractivity contribution is -0.226. The molecule has 0 aromatic carbocycles. The van der Waals surface area contributed by atoms with Crippen LogP contribution in [0, 0.1) is 5.41 Å². The molecule has 1 saturated carbocycles. The number of hydrogen-bond donors (Lipinski definition) is 0. The highest BCUT2D eigenvalue weighted by molar-refractivity contribution is 5.08. The van der Waals surface area contributed by atoms with Crippen LogP contribution >= 0.6 is 0 Å². The molecule has 0 radical (unpaired) electrons. The van der Waals surface area contributed by atoms with Crippen LogP contribution in [0.15, 0.2) is 0 Å². The Morgan fingerprint density at radius 3 is 2.25 bits per heavy atom. The van der Waals surface area contributed by atoms with E-state index in [4.69, 9.17) is 0 Å². The molecule has 0 amide bonds. The van der Waals surface area contributed by atoms with E-state index in [0.717, 1.165) is 19.4 Å². The van der Waals surface area contributed by atoms with Gasteiger partial charge in [0.15, 0.2) is 0 Å². The summed E-state index contributed by atoms with van der Waals surface area (Å²) in [6, 6.07) is 0.459. The minimum absolute atomic E-state index is 0.00546. The Hall–Kier alpha value is -0.220. The van der Waals surface area contributed by atoms with E-state index < -0.39 is 11.3 Å². The fourth-order valence-corrected chi connectivity index (χ4v) is 3.48. The number of halogens is 2. The quantitative estimate of drug-likeness (QED) is 0.678. The Bertz CT molecular complexity index is 283. The molecule has 1 spiro atoms. The van der Waals surface area contributed by atoms with Gasteiger partial charge in [-0.2, -0.15) is 0 Å². The first kappa shape index (κ1) is 10.9. The third-order valence-electron chi connectivity index (χ3n) is 4.79. The molecule has 0 bridgehead atoms. The summed E-state index contributed by atoms with van der Waals surface area (Å²) < 4.78 is 28.4. The molecule has 0 aromatic rings. The normalized spacial score (nSPS) is 34.7. The van der Waals surface area contributed by atoms with Crippen LogP contribution in [0.4, 0.5) is 8.78 Å². The summed E-state index contributed by atoms with van der Waals surface area (Å²) in [5.74, 6) is -2.48. The average Bonchev–Trinajstić information content (AvgIpc) is 2.04. The topological polar surface area (TPSA) is 6.48 Å². The molecule has 0 unspecified atom stereocenters. The first-order valence-electron chi connectivity index (χ1n) is 6.33. The highest BCUT2D eigenvalue weighted by Gasteiger charge is 2.62. The summed E-state index contributed by atoms with van der Waals surface area (Å²) in [7, 11) is 1.93. The minimum atomic E-state index is -2.48. The molecule has 2 aliphatic heterocycles. The molecule has 3 rings (SSSR count). The Kier molecular flexibility index (Phi) is 2.31. The molecular weight excluding hydrogens is 210 g/mol. The van der Waals surface area contributed by atoms with Crippen molar-refractivity contribution in [3.8, 4) is 0 Å². The lowest BCUT2D eigenvalue weighted by atomic mass is 9.68. The zero-order chi connectivity index (χ0) is 11.4. The van der Waals surface area contributed by atoms with E-state index in [9.17, 15) is 8.78 Å². The van der Waals surface area contributed by atoms with Crippen LogP contribution in [0.5, 0.6) is 0 Å². The second-order valence-electron chi connectivity index (χ2n) is 5.96. The molecule has 92 valence electrons. The zero-order valence-corrected chi connectivity index (χ0v) is 9.88. The second-order valence-corrected chi connectivity index (χ2v) is 5.96. The molecule has 0 atom stereocenters. The SMILES string of the molecule is CN1CC2(CCN(C3CCC3)CC2(F)F)C1. The Morgan fingerprint density at radius 2 is 1.81 bits per heavy atom. The van der Waals surface area contributed by atoms with Crippen LogP contribution in [0.2, 0.25) is 0 Å². The van der Waals surface area contributed by atoms with Gasteiger partial charge in [-0.25, -0.2) is 8.78 Å². The van der Waals surface area contributed by atoms with Crippen molar-refractivity contribution in [2.24, 2.45) is 5.41 Å². The van der Waals surface area contributed by atoms with Gasteiger partial charge in [-0.1, -0.05) is 6.42 Å². The predicted molar refractivity (Wildman–Crippen MR) is 58.7 cm³/mol. The first-order valence-corrected chi connectivity index (χ1v) is 6.33. The standard InChI is InChI=1S/C12H20F2N2/c1-15-7-11(8-15)5-6-16(9-12(11,13)14)10-3-2-4-10/h10H,2-9H2,1H3. The van der Waals surface area contributed by atoms with Gasteiger partial charge >= 0.3 is 0 Å². The largest absolute Gasteiger partial charge is 0.305 e. The van der Waals surface area contributed by atoms with Crippen molar-refractivity contribution in [3.05, 3.63) is 0 Å². The van der Waals surface area contributed by atoms with Gasteiger partial charge < -0.3 is 4.90 Å². The summed E-state index contributed by atoms with van der Waals surface area (Å²) in [5.41, 5.74) is -0.692. The molecule has 2 heterocycles. The number of nitrogens with zero attached hydrogens (tertiary/aromatic N) is 2. The second kappa shape index (κ2) is 3.39. The van der Waals surface area contributed by atoms with E-state index >= 15 is 0 Å². The van der Waals surface area contributed by atoms with Gasteiger partial charge in [-0.3, -0.25) is 4.90 Å². The van der Waals surface area contributed by atoms with Crippen molar-refractivity contribution in [3.63, 3.8) is 0 Å². The Labute approximate surface area is 95.6 Å². The Morgan fingerprint density at radius 1 is 1.12 bits per heavy atom. The molecule has 3 aliphatic rings. The molecule has 16 heavy (non-hydrogen) atoms. The van der Waals surface area contributed by atoms with Crippen molar-refractivity contribution in [2.75, 3.05) is 33.2 Å². The van der Waals surface area contributed by atoms with Gasteiger partial charge in [-0.05, 0) is 32.9 Å². The van der Waals surface area contributed by atoms with Crippen LogP contribution < -0.4 is 0 Å². The van der Waals surface area contributed by atoms with Crippen molar-refractivity contribution >= 4 is 0 Å². The van der Waals surface area contributed by atoms with Crippen LogP contribution in [-0.2, 0) is 0 Å². The van der Waals surface area contributed by atoms with Gasteiger partial charge in [0.2, 0.25) is 0 Å². The molecule has 3 fully saturated rings. The lowest BCUT2D eigenvalue weighted by Gasteiger charge is -2.58. The van der Waals surface area contributed by atoms with E-state index in [1.807, 2.05) is 16.8 Å². The van der Waals surface area contributed by atoms with Gasteiger partial charge in [0.25, 0.3) is 5.92 Å². The van der Waals surface area contributed by atoms with Gasteiger partial charge in [0.1, 0.15) is 0 Å². The molecule has 0 N–H and O–H groups in total. The van der Waals surface area contributed by atoms with E-state index in [0.29, 0.717) is 25.6 Å². The van der Waals surface area contributed by atoms with Crippen LogP contribution in [0.3, 0.4) is 0 Å². The van der Waals surface area contributed by atoms with Crippen LogP contribution in [0.25, 0.3) is 0 Å². The van der Waals surface area contributed by atoms with Crippen LogP contribution in [-0.4, -0.2) is 55.0 Å². The third kappa shape index (κ3) is 1.42. The van der Waals surface area contributed by atoms with Crippen molar-refractivity contribution in [1.29, 1.82) is 0 Å². The third-order valence-corrected chi connectivity index (χ3v) is 4.79. The molecule has 2 nitrogen and oxygen atoms in total. The highest BCUT2D eigenvalue weighted by atomic mass is 19.3. The van der Waals surface area contributed by atoms with Gasteiger partial charge in [0.05, 0.1) is 12.0 Å². The average molecular weight is 230 g/mol. The fraction of sp³-hybridized carbons (Fsp3) is 1.00. The van der Waals surface area contributed by atoms with Crippen molar-refractivity contribution in [2.45, 2.75) is 37.6 Å². The first-order chi connectivity index (χ1) is 7.52.